The Morgan fingerprint density at radius 3 is 2.47 bits per heavy atom. The largest absolute Gasteiger partial charge is 0.493 e. The minimum atomic E-state index is -0.985. The van der Waals surface area contributed by atoms with E-state index in [0.29, 0.717) is 22.0 Å². The molecule has 1 saturated heterocycles. The average molecular weight is 526 g/mol. The number of carboxylic acids is 1. The lowest BCUT2D eigenvalue weighted by molar-refractivity contribution is -0.123. The van der Waals surface area contributed by atoms with Crippen LogP contribution in [0.1, 0.15) is 27.0 Å². The zero-order chi connectivity index (χ0) is 26.6. The number of ether oxygens (including phenoxy) is 2. The number of nitrogens with zero attached hydrogens (tertiary/aromatic N) is 1. The van der Waals surface area contributed by atoms with E-state index in [1.807, 2.05) is 42.5 Å². The highest BCUT2D eigenvalue weighted by atomic mass is 32.2. The smallest absolute Gasteiger partial charge is 0.335 e. The summed E-state index contributed by atoms with van der Waals surface area (Å²) >= 11 is 0.914. The van der Waals surface area contributed by atoms with Gasteiger partial charge in [0.2, 0.25) is 0 Å². The Balaban J connectivity index is 1.30. The number of hydrogen-bond acceptors (Lipinski definition) is 6. The lowest BCUT2D eigenvalue weighted by atomic mass is 10.0. The van der Waals surface area contributed by atoms with Crippen molar-refractivity contribution in [1.82, 2.24) is 4.90 Å². The van der Waals surface area contributed by atoms with E-state index < -0.39 is 5.97 Å². The summed E-state index contributed by atoms with van der Waals surface area (Å²) in [4.78, 5) is 38.5. The van der Waals surface area contributed by atoms with E-state index in [4.69, 9.17) is 14.6 Å². The van der Waals surface area contributed by atoms with Gasteiger partial charge >= 0.3 is 5.97 Å². The number of carbonyl (C=O) groups excluding carboxylic acids is 2. The fourth-order valence-electron chi connectivity index (χ4n) is 4.19. The molecule has 4 aromatic rings. The summed E-state index contributed by atoms with van der Waals surface area (Å²) < 4.78 is 11.3. The van der Waals surface area contributed by atoms with Crippen LogP contribution in [0.3, 0.4) is 0 Å². The van der Waals surface area contributed by atoms with Crippen molar-refractivity contribution < 1.29 is 29.0 Å². The van der Waals surface area contributed by atoms with Crippen molar-refractivity contribution in [3.63, 3.8) is 0 Å². The minimum absolute atomic E-state index is 0.201. The maximum atomic E-state index is 13.1. The van der Waals surface area contributed by atoms with Crippen LogP contribution < -0.4 is 9.47 Å². The standard InChI is InChI=1S/C30H23NO6S/c1-36-26-15-20(11-14-25(26)37-18-19-9-12-22(13-10-19)29(33)34)16-27-28(32)31(30(35)38-27)17-23-7-4-6-21-5-2-3-8-24(21)23/h2-16H,17-18H2,1H3,(H,33,34)/b27-16-. The number of aromatic carboxylic acids is 1. The first kappa shape index (κ1) is 25.1. The number of carbonyl (C=O) groups is 3. The molecule has 0 aliphatic carbocycles. The third-order valence-electron chi connectivity index (χ3n) is 6.16. The number of methoxy groups -OCH3 is 1. The predicted molar refractivity (Wildman–Crippen MR) is 146 cm³/mol. The van der Waals surface area contributed by atoms with Crippen LogP contribution >= 0.6 is 11.8 Å². The summed E-state index contributed by atoms with van der Waals surface area (Å²) in [5.74, 6) is -0.356. The normalized spacial score (nSPS) is 14.3. The van der Waals surface area contributed by atoms with E-state index in [1.165, 1.54) is 24.1 Å². The van der Waals surface area contributed by atoms with Crippen molar-refractivity contribution in [2.24, 2.45) is 0 Å². The maximum Gasteiger partial charge on any atom is 0.335 e. The van der Waals surface area contributed by atoms with Crippen LogP contribution in [0.4, 0.5) is 4.79 Å². The Labute approximate surface area is 223 Å². The molecule has 0 unspecified atom stereocenters. The quantitative estimate of drug-likeness (QED) is 0.268. The monoisotopic (exact) mass is 525 g/mol. The molecule has 0 bridgehead atoms. The van der Waals surface area contributed by atoms with Crippen LogP contribution in [0.5, 0.6) is 11.5 Å². The number of amides is 2. The van der Waals surface area contributed by atoms with E-state index >= 15 is 0 Å². The zero-order valence-corrected chi connectivity index (χ0v) is 21.2. The van der Waals surface area contributed by atoms with Gasteiger partial charge in [0.15, 0.2) is 11.5 Å². The molecule has 7 nitrogen and oxygen atoms in total. The summed E-state index contributed by atoms with van der Waals surface area (Å²) in [7, 11) is 1.52. The molecule has 0 saturated carbocycles. The molecule has 0 atom stereocenters. The first-order valence-corrected chi connectivity index (χ1v) is 12.6. The van der Waals surface area contributed by atoms with Gasteiger partial charge in [-0.1, -0.05) is 60.7 Å². The Morgan fingerprint density at radius 1 is 0.947 bits per heavy atom. The second-order valence-electron chi connectivity index (χ2n) is 8.61. The predicted octanol–water partition coefficient (Wildman–Crippen LogP) is 6.36. The molecule has 190 valence electrons. The summed E-state index contributed by atoms with van der Waals surface area (Å²) in [6, 6.07) is 25.4. The molecule has 4 aromatic carbocycles. The minimum Gasteiger partial charge on any atom is -0.493 e. The molecule has 8 heteroatoms. The molecular weight excluding hydrogens is 502 g/mol. The van der Waals surface area contributed by atoms with Crippen LogP contribution in [0, 0.1) is 0 Å². The Morgan fingerprint density at radius 2 is 1.71 bits per heavy atom. The highest BCUT2D eigenvalue weighted by Gasteiger charge is 2.35. The van der Waals surface area contributed by atoms with E-state index in [2.05, 4.69) is 0 Å². The molecule has 1 fully saturated rings. The van der Waals surface area contributed by atoms with Crippen molar-refractivity contribution in [3.05, 3.63) is 112 Å². The number of carboxylic acid groups (broad SMARTS) is 1. The highest BCUT2D eigenvalue weighted by molar-refractivity contribution is 8.18. The highest BCUT2D eigenvalue weighted by Crippen LogP contribution is 2.36. The van der Waals surface area contributed by atoms with Gasteiger partial charge in [-0.2, -0.15) is 0 Å². The van der Waals surface area contributed by atoms with Gasteiger partial charge in [0, 0.05) is 0 Å². The molecule has 38 heavy (non-hydrogen) atoms. The van der Waals surface area contributed by atoms with Gasteiger partial charge in [-0.3, -0.25) is 14.5 Å². The van der Waals surface area contributed by atoms with Crippen molar-refractivity contribution in [3.8, 4) is 11.5 Å². The molecule has 1 aliphatic rings. The maximum absolute atomic E-state index is 13.1. The molecule has 5 rings (SSSR count). The van der Waals surface area contributed by atoms with E-state index in [9.17, 15) is 14.4 Å². The molecule has 1 heterocycles. The molecule has 1 N–H and O–H groups in total. The SMILES string of the molecule is COc1cc(/C=C2\SC(=O)N(Cc3cccc4ccccc34)C2=O)ccc1OCc1ccc(C(=O)O)cc1. The van der Waals surface area contributed by atoms with Crippen LogP contribution in [-0.2, 0) is 17.9 Å². The third kappa shape index (κ3) is 5.26. The second-order valence-corrected chi connectivity index (χ2v) is 9.60. The number of hydrogen-bond donors (Lipinski definition) is 1. The van der Waals surface area contributed by atoms with Crippen LogP contribution in [0.15, 0.2) is 89.8 Å². The van der Waals surface area contributed by atoms with E-state index in [0.717, 1.165) is 33.7 Å². The fraction of sp³-hybridized carbons (Fsp3) is 0.100. The van der Waals surface area contributed by atoms with Crippen LogP contribution in [0.25, 0.3) is 16.8 Å². The van der Waals surface area contributed by atoms with Crippen molar-refractivity contribution in [1.29, 1.82) is 0 Å². The molecule has 0 aromatic heterocycles. The molecular formula is C30H23NO6S. The third-order valence-corrected chi connectivity index (χ3v) is 7.07. The number of fused-ring (bicyclic) bond motifs is 1. The Bertz CT molecular complexity index is 1570. The van der Waals surface area contributed by atoms with Crippen LogP contribution in [0.2, 0.25) is 0 Å². The summed E-state index contributed by atoms with van der Waals surface area (Å²) in [5, 5.41) is 10.8. The Kier molecular flexibility index (Phi) is 7.15. The molecule has 0 spiro atoms. The fourth-order valence-corrected chi connectivity index (χ4v) is 5.02. The van der Waals surface area contributed by atoms with Gasteiger partial charge in [-0.05, 0) is 69.6 Å². The van der Waals surface area contributed by atoms with Gasteiger partial charge < -0.3 is 14.6 Å². The zero-order valence-electron chi connectivity index (χ0n) is 20.4. The van der Waals surface area contributed by atoms with E-state index in [1.54, 1.807) is 36.4 Å². The van der Waals surface area contributed by atoms with Gasteiger partial charge in [-0.15, -0.1) is 0 Å². The summed E-state index contributed by atoms with van der Waals surface area (Å²) in [6.45, 7) is 0.426. The average Bonchev–Trinajstić information content (AvgIpc) is 3.19. The first-order chi connectivity index (χ1) is 18.4. The number of benzene rings is 4. The number of imide groups is 1. The van der Waals surface area contributed by atoms with Gasteiger partial charge in [0.05, 0.1) is 24.1 Å². The summed E-state index contributed by atoms with van der Waals surface area (Å²) in [6.07, 6.45) is 1.67. The van der Waals surface area contributed by atoms with Crippen molar-refractivity contribution >= 4 is 45.7 Å². The molecule has 1 aliphatic heterocycles. The number of thioether (sulfide) groups is 1. The lowest BCUT2D eigenvalue weighted by Gasteiger charge is -2.14. The summed E-state index contributed by atoms with van der Waals surface area (Å²) in [5.41, 5.74) is 2.61. The van der Waals surface area contributed by atoms with Crippen molar-refractivity contribution in [2.45, 2.75) is 13.2 Å². The topological polar surface area (TPSA) is 93.1 Å². The number of rotatable bonds is 8. The van der Waals surface area contributed by atoms with Gasteiger partial charge in [-0.25, -0.2) is 4.79 Å². The van der Waals surface area contributed by atoms with Crippen LogP contribution in [-0.4, -0.2) is 34.2 Å². The first-order valence-electron chi connectivity index (χ1n) is 11.8. The lowest BCUT2D eigenvalue weighted by Crippen LogP contribution is -2.27. The van der Waals surface area contributed by atoms with Gasteiger partial charge in [0.25, 0.3) is 11.1 Å². The second kappa shape index (κ2) is 10.8. The van der Waals surface area contributed by atoms with Crippen molar-refractivity contribution in [2.75, 3.05) is 7.11 Å². The van der Waals surface area contributed by atoms with E-state index in [-0.39, 0.29) is 29.9 Å². The molecule has 0 radical (unpaired) electrons. The van der Waals surface area contributed by atoms with Gasteiger partial charge in [0.1, 0.15) is 6.61 Å². The molecule has 2 amide bonds. The Hall–Kier alpha value is -4.56.